The van der Waals surface area contributed by atoms with Gasteiger partial charge in [-0.15, -0.1) is 0 Å². The zero-order chi connectivity index (χ0) is 19.2. The molecular formula is C26H24NP. The van der Waals surface area contributed by atoms with Gasteiger partial charge in [-0.2, -0.15) is 0 Å². The van der Waals surface area contributed by atoms with Crippen molar-refractivity contribution < 1.29 is 0 Å². The van der Waals surface area contributed by atoms with Gasteiger partial charge in [-0.25, -0.2) is 0 Å². The smallest absolute Gasteiger partial charge is 0.0717 e. The second-order valence-corrected chi connectivity index (χ2v) is 9.90. The zero-order valence-electron chi connectivity index (χ0n) is 16.0. The minimum atomic E-state index is -2.15. The predicted octanol–water partition coefficient (Wildman–Crippen LogP) is 5.93. The predicted molar refractivity (Wildman–Crippen MR) is 122 cm³/mol. The SMILES string of the molecule is C[C@@H](N=P(c1ccccc1)(c1ccccc1)c1ccccc1)c1ccccc1. The van der Waals surface area contributed by atoms with Gasteiger partial charge in [-0.05, 0) is 12.5 Å². The molecule has 1 nitrogen and oxygen atoms in total. The Labute approximate surface area is 167 Å². The normalized spacial score (nSPS) is 12.3. The summed E-state index contributed by atoms with van der Waals surface area (Å²) in [5.74, 6) is 0. The third kappa shape index (κ3) is 3.59. The maximum absolute atomic E-state index is 5.60. The van der Waals surface area contributed by atoms with Crippen LogP contribution in [0.4, 0.5) is 0 Å². The van der Waals surface area contributed by atoms with Gasteiger partial charge in [0.25, 0.3) is 0 Å². The quantitative estimate of drug-likeness (QED) is 0.380. The summed E-state index contributed by atoms with van der Waals surface area (Å²) in [6.45, 7) is 2.21. The highest BCUT2D eigenvalue weighted by Gasteiger charge is 2.28. The average Bonchev–Trinajstić information content (AvgIpc) is 2.80. The molecule has 0 amide bonds. The summed E-state index contributed by atoms with van der Waals surface area (Å²) in [4.78, 5) is 0. The molecule has 0 fully saturated rings. The standard InChI is InChI=1S/C26H24NP/c1-22(23-14-6-2-7-15-23)27-28(24-16-8-3-9-17-24,25-18-10-4-11-19-25)26-20-12-5-13-21-26/h2-22H,1H3/t22-/m1/s1. The first-order valence-corrected chi connectivity index (χ1v) is 11.4. The van der Waals surface area contributed by atoms with Crippen LogP contribution in [0.1, 0.15) is 18.5 Å². The number of rotatable bonds is 5. The van der Waals surface area contributed by atoms with Crippen LogP contribution >= 0.6 is 7.05 Å². The fraction of sp³-hybridized carbons (Fsp3) is 0.0769. The van der Waals surface area contributed by atoms with E-state index in [2.05, 4.69) is 128 Å². The van der Waals surface area contributed by atoms with Gasteiger partial charge in [0.2, 0.25) is 0 Å². The lowest BCUT2D eigenvalue weighted by Crippen LogP contribution is -2.25. The van der Waals surface area contributed by atoms with E-state index in [9.17, 15) is 0 Å². The number of hydrogen-bond donors (Lipinski definition) is 0. The van der Waals surface area contributed by atoms with Crippen molar-refractivity contribution in [3.05, 3.63) is 127 Å². The molecular weight excluding hydrogens is 357 g/mol. The van der Waals surface area contributed by atoms with Crippen molar-refractivity contribution in [1.29, 1.82) is 0 Å². The molecule has 0 aliphatic heterocycles. The second-order valence-electron chi connectivity index (χ2n) is 6.84. The third-order valence-corrected chi connectivity index (χ3v) is 8.85. The topological polar surface area (TPSA) is 12.4 Å². The first kappa shape index (κ1) is 18.5. The largest absolute Gasteiger partial charge is 0.282 e. The number of hydrogen-bond acceptors (Lipinski definition) is 1. The molecule has 1 atom stereocenters. The second kappa shape index (κ2) is 8.42. The molecule has 138 valence electrons. The highest BCUT2D eigenvalue weighted by Crippen LogP contribution is 2.49. The molecule has 0 aliphatic rings. The van der Waals surface area contributed by atoms with E-state index in [-0.39, 0.29) is 6.04 Å². The third-order valence-electron chi connectivity index (χ3n) is 5.02. The lowest BCUT2D eigenvalue weighted by molar-refractivity contribution is 0.832. The van der Waals surface area contributed by atoms with Crippen LogP contribution in [-0.2, 0) is 0 Å². The number of benzene rings is 4. The molecule has 0 aromatic heterocycles. The summed E-state index contributed by atoms with van der Waals surface area (Å²) in [6, 6.07) is 43.0. The Hall–Kier alpha value is -2.89. The summed E-state index contributed by atoms with van der Waals surface area (Å²) >= 11 is 0. The van der Waals surface area contributed by atoms with Gasteiger partial charge in [-0.1, -0.05) is 121 Å². The highest BCUT2D eigenvalue weighted by molar-refractivity contribution is 7.87. The van der Waals surface area contributed by atoms with Gasteiger partial charge in [0.05, 0.1) is 13.1 Å². The molecule has 0 unspecified atom stereocenters. The first-order chi connectivity index (χ1) is 13.8. The molecule has 28 heavy (non-hydrogen) atoms. The van der Waals surface area contributed by atoms with Crippen molar-refractivity contribution in [1.82, 2.24) is 0 Å². The summed E-state index contributed by atoms with van der Waals surface area (Å²) < 4.78 is 5.60. The van der Waals surface area contributed by atoms with E-state index in [1.807, 2.05) is 0 Å². The van der Waals surface area contributed by atoms with Crippen molar-refractivity contribution in [3.8, 4) is 0 Å². The Morgan fingerprint density at radius 2 is 0.821 bits per heavy atom. The summed E-state index contributed by atoms with van der Waals surface area (Å²) in [5.41, 5.74) is 1.25. The molecule has 4 aromatic carbocycles. The molecule has 0 bridgehead atoms. The van der Waals surface area contributed by atoms with E-state index in [1.165, 1.54) is 21.5 Å². The first-order valence-electron chi connectivity index (χ1n) is 9.64. The van der Waals surface area contributed by atoms with Crippen LogP contribution < -0.4 is 15.9 Å². The fourth-order valence-corrected chi connectivity index (χ4v) is 7.39. The van der Waals surface area contributed by atoms with Crippen molar-refractivity contribution in [2.45, 2.75) is 13.0 Å². The molecule has 4 rings (SSSR count). The van der Waals surface area contributed by atoms with Crippen LogP contribution in [0.5, 0.6) is 0 Å². The van der Waals surface area contributed by atoms with Gasteiger partial charge in [0.15, 0.2) is 0 Å². The Balaban J connectivity index is 2.06. The van der Waals surface area contributed by atoms with Gasteiger partial charge in [-0.3, -0.25) is 4.74 Å². The minimum absolute atomic E-state index is 0.0927. The van der Waals surface area contributed by atoms with Crippen molar-refractivity contribution in [3.63, 3.8) is 0 Å². The van der Waals surface area contributed by atoms with E-state index in [4.69, 9.17) is 4.74 Å². The molecule has 4 aromatic rings. The number of nitrogens with zero attached hydrogens (tertiary/aromatic N) is 1. The molecule has 0 saturated heterocycles. The van der Waals surface area contributed by atoms with Crippen LogP contribution in [0.25, 0.3) is 0 Å². The minimum Gasteiger partial charge on any atom is -0.282 e. The molecule has 0 N–H and O–H groups in total. The molecule has 0 radical (unpaired) electrons. The monoisotopic (exact) mass is 381 g/mol. The van der Waals surface area contributed by atoms with Gasteiger partial charge in [0.1, 0.15) is 0 Å². The summed E-state index contributed by atoms with van der Waals surface area (Å²) in [7, 11) is -2.15. The van der Waals surface area contributed by atoms with Crippen molar-refractivity contribution in [2.24, 2.45) is 4.74 Å². The van der Waals surface area contributed by atoms with E-state index >= 15 is 0 Å². The van der Waals surface area contributed by atoms with Gasteiger partial charge >= 0.3 is 0 Å². The Morgan fingerprint density at radius 1 is 0.500 bits per heavy atom. The molecule has 0 saturated carbocycles. The molecule has 2 heteroatoms. The van der Waals surface area contributed by atoms with Crippen LogP contribution in [0.2, 0.25) is 0 Å². The van der Waals surface area contributed by atoms with Crippen LogP contribution in [0.3, 0.4) is 0 Å². The lowest BCUT2D eigenvalue weighted by Gasteiger charge is -2.28. The summed E-state index contributed by atoms with van der Waals surface area (Å²) in [5, 5.41) is 3.86. The average molecular weight is 381 g/mol. The molecule has 0 spiro atoms. The van der Waals surface area contributed by atoms with E-state index in [1.54, 1.807) is 0 Å². The van der Waals surface area contributed by atoms with E-state index < -0.39 is 7.05 Å². The lowest BCUT2D eigenvalue weighted by atomic mass is 10.1. The van der Waals surface area contributed by atoms with Crippen molar-refractivity contribution in [2.75, 3.05) is 0 Å². The van der Waals surface area contributed by atoms with Crippen molar-refractivity contribution >= 4 is 23.0 Å². The fourth-order valence-electron chi connectivity index (χ4n) is 3.64. The van der Waals surface area contributed by atoms with Crippen LogP contribution in [0, 0.1) is 0 Å². The maximum atomic E-state index is 5.60. The van der Waals surface area contributed by atoms with Crippen LogP contribution in [-0.4, -0.2) is 0 Å². The zero-order valence-corrected chi connectivity index (χ0v) is 16.9. The Kier molecular flexibility index (Phi) is 5.55. The van der Waals surface area contributed by atoms with Gasteiger partial charge < -0.3 is 0 Å². The van der Waals surface area contributed by atoms with Crippen LogP contribution in [0.15, 0.2) is 126 Å². The molecule has 0 aliphatic carbocycles. The Morgan fingerprint density at radius 3 is 1.18 bits per heavy atom. The maximum Gasteiger partial charge on any atom is 0.0717 e. The highest BCUT2D eigenvalue weighted by atomic mass is 31.2. The molecule has 0 heterocycles. The van der Waals surface area contributed by atoms with E-state index in [0.29, 0.717) is 0 Å². The Bertz CT molecular complexity index is 955. The van der Waals surface area contributed by atoms with E-state index in [0.717, 1.165) is 0 Å². The van der Waals surface area contributed by atoms with Gasteiger partial charge in [0, 0.05) is 15.9 Å². The summed E-state index contributed by atoms with van der Waals surface area (Å²) in [6.07, 6.45) is 0.